The van der Waals surface area contributed by atoms with Gasteiger partial charge in [0, 0.05) is 0 Å². The molecule has 2 aliphatic rings. The van der Waals surface area contributed by atoms with Crippen LogP contribution < -0.4 is 0 Å². The van der Waals surface area contributed by atoms with Crippen molar-refractivity contribution in [2.75, 3.05) is 0 Å². The van der Waals surface area contributed by atoms with Crippen LogP contribution in [0.4, 0.5) is 0 Å². The fourth-order valence-electron chi connectivity index (χ4n) is 1.99. The van der Waals surface area contributed by atoms with Gasteiger partial charge in [-0.15, -0.1) is 13.8 Å². The van der Waals surface area contributed by atoms with E-state index in [-0.39, 0.29) is 14.9 Å². The van der Waals surface area contributed by atoms with Crippen molar-refractivity contribution >= 4 is 7.63 Å². The van der Waals surface area contributed by atoms with Gasteiger partial charge in [0.15, 0.2) is 0 Å². The third-order valence-corrected chi connectivity index (χ3v) is 3.07. The van der Waals surface area contributed by atoms with Gasteiger partial charge in [-0.2, -0.15) is 12.2 Å². The molecule has 114 valence electrons. The van der Waals surface area contributed by atoms with E-state index in [9.17, 15) is 0 Å². The second kappa shape index (κ2) is 12.6. The molecular formula is C18H30SiTi-4. The molecule has 2 rings (SSSR count). The van der Waals surface area contributed by atoms with Crippen LogP contribution in [0.3, 0.4) is 0 Å². The van der Waals surface area contributed by atoms with Crippen molar-refractivity contribution in [1.29, 1.82) is 0 Å². The summed E-state index contributed by atoms with van der Waals surface area (Å²) in [4.78, 5) is 0. The summed E-state index contributed by atoms with van der Waals surface area (Å²) in [5.74, 6) is 1.10. The quantitative estimate of drug-likeness (QED) is 0.450. The Hall–Kier alpha value is -0.109. The minimum atomic E-state index is 0. The van der Waals surface area contributed by atoms with Crippen molar-refractivity contribution in [3.8, 4) is 0 Å². The molecule has 2 heteroatoms. The van der Waals surface area contributed by atoms with Crippen molar-refractivity contribution < 1.29 is 19.2 Å². The summed E-state index contributed by atoms with van der Waals surface area (Å²) >= 11 is 2.03. The van der Waals surface area contributed by atoms with Crippen molar-refractivity contribution in [1.82, 2.24) is 0 Å². The average Bonchev–Trinajstić information content (AvgIpc) is 2.74. The van der Waals surface area contributed by atoms with Gasteiger partial charge in [-0.1, -0.05) is 39.5 Å². The average molecular weight is 322 g/mol. The number of rotatable bonds is 0. The van der Waals surface area contributed by atoms with Gasteiger partial charge >= 0.3 is 26.8 Å². The van der Waals surface area contributed by atoms with Crippen LogP contribution in [0.1, 0.15) is 41.5 Å². The molecule has 0 aromatic rings. The van der Waals surface area contributed by atoms with Crippen LogP contribution in [-0.4, -0.2) is 7.63 Å². The normalized spacial score (nSPS) is 22.2. The van der Waals surface area contributed by atoms with Crippen LogP contribution in [0.25, 0.3) is 0 Å². The molecule has 2 unspecified atom stereocenters. The van der Waals surface area contributed by atoms with E-state index in [0.717, 1.165) is 0 Å². The molecule has 0 nitrogen and oxygen atoms in total. The Morgan fingerprint density at radius 3 is 1.10 bits per heavy atom. The van der Waals surface area contributed by atoms with E-state index in [0.29, 0.717) is 11.8 Å². The van der Waals surface area contributed by atoms with Crippen LogP contribution in [0.2, 0.25) is 0 Å². The van der Waals surface area contributed by atoms with Crippen LogP contribution >= 0.6 is 0 Å². The second-order valence-electron chi connectivity index (χ2n) is 4.82. The van der Waals surface area contributed by atoms with E-state index >= 15 is 0 Å². The van der Waals surface area contributed by atoms with Crippen molar-refractivity contribution in [2.45, 2.75) is 41.5 Å². The molecule has 0 N–H and O–H groups in total. The third-order valence-electron chi connectivity index (χ3n) is 3.07. The van der Waals surface area contributed by atoms with Gasteiger partial charge in [-0.05, 0) is 0 Å². The summed E-state index contributed by atoms with van der Waals surface area (Å²) in [7, 11) is 1.86. The monoisotopic (exact) mass is 322 g/mol. The van der Waals surface area contributed by atoms with Gasteiger partial charge in [0.2, 0.25) is 0 Å². The standard InChI is InChI=1S/2C8H11.2CH3.H2Si.Ti/c2*1-6-4-7(2)8(3)5-6;;;;/h2*4,6H,1-3H3;2*1H3;1H2;/q4*-1;;. The number of hydrogen-bond acceptors (Lipinski definition) is 0. The summed E-state index contributed by atoms with van der Waals surface area (Å²) in [6.07, 6.45) is 11.0. The number of hydrogen-bond donors (Lipinski definition) is 0. The molecule has 0 saturated carbocycles. The molecule has 0 aromatic heterocycles. The zero-order valence-electron chi connectivity index (χ0n) is 14.5. The van der Waals surface area contributed by atoms with Crippen LogP contribution in [0.15, 0.2) is 34.4 Å². The summed E-state index contributed by atoms with van der Waals surface area (Å²) < 4.78 is 0. The minimum absolute atomic E-state index is 0. The zero-order valence-corrected chi connectivity index (χ0v) is 17.5. The molecule has 2 atom stereocenters. The van der Waals surface area contributed by atoms with Crippen molar-refractivity contribution in [3.05, 3.63) is 61.4 Å². The second-order valence-corrected chi connectivity index (χ2v) is 4.82. The van der Waals surface area contributed by atoms with Gasteiger partial charge < -0.3 is 14.9 Å². The molecule has 0 bridgehead atoms. The molecule has 0 radical (unpaired) electrons. The fraction of sp³-hybridized carbons (Fsp3) is 0.444. The molecule has 0 amide bonds. The third kappa shape index (κ3) is 8.94. The van der Waals surface area contributed by atoms with Gasteiger partial charge in [0.05, 0.1) is 0 Å². The van der Waals surface area contributed by atoms with E-state index in [4.69, 9.17) is 0 Å². The Balaban J connectivity index is -0.000000236. The molecule has 20 heavy (non-hydrogen) atoms. The van der Waals surface area contributed by atoms with E-state index in [1.165, 1.54) is 22.3 Å². The Morgan fingerprint density at radius 2 is 1.05 bits per heavy atom. The topological polar surface area (TPSA) is 0 Å². The first-order valence-corrected chi connectivity index (χ1v) is 10.3. The van der Waals surface area contributed by atoms with Crippen LogP contribution in [0.5, 0.6) is 0 Å². The molecule has 0 saturated heterocycles. The molecular weight excluding hydrogens is 292 g/mol. The maximum atomic E-state index is 3.29. The zero-order chi connectivity index (χ0) is 14.3. The van der Waals surface area contributed by atoms with Gasteiger partial charge in [-0.25, -0.2) is 22.3 Å². The van der Waals surface area contributed by atoms with Crippen molar-refractivity contribution in [2.24, 2.45) is 11.8 Å². The van der Waals surface area contributed by atoms with Crippen LogP contribution in [0, 0.1) is 38.8 Å². The van der Waals surface area contributed by atoms with Crippen molar-refractivity contribution in [3.63, 3.8) is 0 Å². The van der Waals surface area contributed by atoms with Gasteiger partial charge in [0.25, 0.3) is 0 Å². The Labute approximate surface area is 141 Å². The van der Waals surface area contributed by atoms with Gasteiger partial charge in [0.1, 0.15) is 0 Å². The SMILES string of the molecule is CC1=[C-]C(C)C=C1C.CC1=[C-]C(C)C=C1C.[CH3-].[CH3-].[SiH2]=[Ti]. The molecule has 0 heterocycles. The summed E-state index contributed by atoms with van der Waals surface area (Å²) in [6, 6.07) is 0. The van der Waals surface area contributed by atoms with E-state index in [1.54, 1.807) is 0 Å². The Morgan fingerprint density at radius 1 is 0.800 bits per heavy atom. The van der Waals surface area contributed by atoms with E-state index in [2.05, 4.69) is 65.8 Å². The Bertz CT molecular complexity index is 326. The van der Waals surface area contributed by atoms with Crippen LogP contribution in [-0.2, 0) is 19.2 Å². The maximum absolute atomic E-state index is 3.29. The first kappa shape index (κ1) is 24.9. The van der Waals surface area contributed by atoms with E-state index in [1.807, 2.05) is 26.8 Å². The molecule has 0 aliphatic heterocycles. The molecule has 0 aromatic carbocycles. The first-order valence-electron chi connectivity index (χ1n) is 6.33. The molecule has 0 fully saturated rings. The summed E-state index contributed by atoms with van der Waals surface area (Å²) in [6.45, 7) is 12.8. The molecule has 2 aliphatic carbocycles. The number of allylic oxidation sites excluding steroid dienone is 8. The fourth-order valence-corrected chi connectivity index (χ4v) is 1.99. The summed E-state index contributed by atoms with van der Waals surface area (Å²) in [5.41, 5.74) is 5.41. The Kier molecular flexibility index (Phi) is 15.7. The summed E-state index contributed by atoms with van der Waals surface area (Å²) in [5, 5.41) is 0. The predicted molar refractivity (Wildman–Crippen MR) is 92.1 cm³/mol. The van der Waals surface area contributed by atoms with E-state index < -0.39 is 0 Å². The molecule has 0 spiro atoms. The van der Waals surface area contributed by atoms with Gasteiger partial charge in [-0.3, -0.25) is 12.2 Å². The first-order chi connectivity index (χ1) is 8.40. The predicted octanol–water partition coefficient (Wildman–Crippen LogP) is 4.65.